The maximum Gasteiger partial charge on any atom is 0.329 e. The van der Waals surface area contributed by atoms with Gasteiger partial charge in [0.25, 0.3) is 0 Å². The zero-order valence-electron chi connectivity index (χ0n) is 20.1. The first-order valence-corrected chi connectivity index (χ1v) is 12.7. The third-order valence-corrected chi connectivity index (χ3v) is 6.23. The number of carbonyl (C=O) groups excluding carboxylic acids is 2. The van der Waals surface area contributed by atoms with Crippen molar-refractivity contribution in [2.75, 3.05) is 11.9 Å². The summed E-state index contributed by atoms with van der Waals surface area (Å²) < 4.78 is 25.8. The fourth-order valence-electron chi connectivity index (χ4n) is 3.61. The van der Waals surface area contributed by atoms with Gasteiger partial charge in [-0.15, -0.1) is 0 Å². The number of carbonyl (C=O) groups is 2. The zero-order chi connectivity index (χ0) is 27.1. The molecule has 2 N–H and O–H groups in total. The third-order valence-electron chi connectivity index (χ3n) is 5.35. The summed E-state index contributed by atoms with van der Waals surface area (Å²) in [6.45, 7) is 2.59. The van der Waals surface area contributed by atoms with E-state index >= 15 is 0 Å². The predicted octanol–water partition coefficient (Wildman–Crippen LogP) is 6.46. The molecular formula is C28H22BrClFN3O4. The second kappa shape index (κ2) is 12.5. The molecule has 38 heavy (non-hydrogen) atoms. The Morgan fingerprint density at radius 2 is 1.82 bits per heavy atom. The predicted molar refractivity (Wildman–Crippen MR) is 149 cm³/mol. The molecule has 194 valence electrons. The summed E-state index contributed by atoms with van der Waals surface area (Å²) in [5, 5.41) is 8.22. The maximum atomic E-state index is 13.3. The van der Waals surface area contributed by atoms with E-state index in [1.807, 2.05) is 31.2 Å². The number of nitrogens with zero attached hydrogens (tertiary/aromatic N) is 1. The summed E-state index contributed by atoms with van der Waals surface area (Å²) in [5.41, 5.74) is 3.94. The van der Waals surface area contributed by atoms with Crippen molar-refractivity contribution >= 4 is 62.0 Å². The largest absolute Gasteiger partial charge is 0.490 e. The number of rotatable bonds is 8. The van der Waals surface area contributed by atoms with Crippen molar-refractivity contribution in [1.29, 1.82) is 0 Å². The molecule has 0 radical (unpaired) electrons. The number of hydrogen-bond acceptors (Lipinski definition) is 5. The average molecular weight is 599 g/mol. The SMILES string of the molecule is CCOc1cc(C=NNC(=O)C(=O)Nc2ccc(F)c(Cl)c2)cc(Br)c1OCc1cccc2ccccc12. The van der Waals surface area contributed by atoms with Crippen molar-refractivity contribution < 1.29 is 23.5 Å². The molecule has 4 rings (SSSR count). The van der Waals surface area contributed by atoms with Crippen LogP contribution in [-0.4, -0.2) is 24.6 Å². The Balaban J connectivity index is 1.43. The Bertz CT molecular complexity index is 1520. The minimum absolute atomic E-state index is 0.171. The molecule has 0 atom stereocenters. The van der Waals surface area contributed by atoms with Crippen LogP contribution >= 0.6 is 27.5 Å². The van der Waals surface area contributed by atoms with Crippen molar-refractivity contribution in [2.45, 2.75) is 13.5 Å². The van der Waals surface area contributed by atoms with E-state index in [-0.39, 0.29) is 10.7 Å². The van der Waals surface area contributed by atoms with Gasteiger partial charge in [-0.3, -0.25) is 9.59 Å². The molecule has 0 unspecified atom stereocenters. The molecule has 0 aliphatic rings. The number of amides is 2. The number of anilines is 1. The first kappa shape index (κ1) is 27.1. The van der Waals surface area contributed by atoms with Crippen molar-refractivity contribution in [2.24, 2.45) is 5.10 Å². The van der Waals surface area contributed by atoms with Gasteiger partial charge in [0, 0.05) is 5.69 Å². The van der Waals surface area contributed by atoms with Gasteiger partial charge in [0.15, 0.2) is 11.5 Å². The molecule has 0 heterocycles. The molecule has 0 aliphatic heterocycles. The van der Waals surface area contributed by atoms with Crippen molar-refractivity contribution in [3.05, 3.63) is 99.2 Å². The molecule has 4 aromatic rings. The van der Waals surface area contributed by atoms with E-state index in [0.29, 0.717) is 34.7 Å². The molecular weight excluding hydrogens is 577 g/mol. The summed E-state index contributed by atoms with van der Waals surface area (Å²) >= 11 is 9.22. The highest BCUT2D eigenvalue weighted by molar-refractivity contribution is 9.10. The van der Waals surface area contributed by atoms with Crippen molar-refractivity contribution in [1.82, 2.24) is 5.43 Å². The van der Waals surface area contributed by atoms with Crippen molar-refractivity contribution in [3.8, 4) is 11.5 Å². The van der Waals surface area contributed by atoms with E-state index in [4.69, 9.17) is 21.1 Å². The fraction of sp³-hybridized carbons (Fsp3) is 0.107. The fourth-order valence-corrected chi connectivity index (χ4v) is 4.37. The van der Waals surface area contributed by atoms with Gasteiger partial charge in [-0.25, -0.2) is 9.82 Å². The minimum Gasteiger partial charge on any atom is -0.490 e. The van der Waals surface area contributed by atoms with Crippen LogP contribution in [0.15, 0.2) is 82.4 Å². The number of benzene rings is 4. The van der Waals surface area contributed by atoms with Gasteiger partial charge in [0.05, 0.1) is 22.3 Å². The lowest BCUT2D eigenvalue weighted by atomic mass is 10.1. The highest BCUT2D eigenvalue weighted by Gasteiger charge is 2.15. The normalized spacial score (nSPS) is 10.9. The lowest BCUT2D eigenvalue weighted by Gasteiger charge is -2.15. The minimum atomic E-state index is -1.01. The quantitative estimate of drug-likeness (QED) is 0.138. The van der Waals surface area contributed by atoms with E-state index in [1.54, 1.807) is 12.1 Å². The van der Waals surface area contributed by atoms with Crippen molar-refractivity contribution in [3.63, 3.8) is 0 Å². The summed E-state index contributed by atoms with van der Waals surface area (Å²) in [4.78, 5) is 24.2. The second-order valence-electron chi connectivity index (χ2n) is 7.97. The lowest BCUT2D eigenvalue weighted by molar-refractivity contribution is -0.136. The molecule has 0 saturated heterocycles. The Morgan fingerprint density at radius 1 is 1.03 bits per heavy atom. The first-order valence-electron chi connectivity index (χ1n) is 11.5. The van der Waals surface area contributed by atoms with Gasteiger partial charge in [-0.1, -0.05) is 54.1 Å². The number of ether oxygens (including phenoxy) is 2. The van der Waals surface area contributed by atoms with E-state index in [1.165, 1.54) is 18.3 Å². The van der Waals surface area contributed by atoms with Crippen LogP contribution in [0.3, 0.4) is 0 Å². The number of hydrazone groups is 1. The molecule has 2 amide bonds. The van der Waals surface area contributed by atoms with E-state index < -0.39 is 17.6 Å². The Hall–Kier alpha value is -3.95. The highest BCUT2D eigenvalue weighted by Crippen LogP contribution is 2.37. The van der Waals surface area contributed by atoms with Crippen LogP contribution in [0.2, 0.25) is 5.02 Å². The molecule has 0 saturated carbocycles. The summed E-state index contributed by atoms with van der Waals surface area (Å²) in [6.07, 6.45) is 1.36. The molecule has 7 nitrogen and oxygen atoms in total. The second-order valence-corrected chi connectivity index (χ2v) is 9.23. The van der Waals surface area contributed by atoms with Gasteiger partial charge in [-0.05, 0) is 75.1 Å². The third kappa shape index (κ3) is 6.67. The molecule has 4 aromatic carbocycles. The maximum absolute atomic E-state index is 13.3. The molecule has 0 aromatic heterocycles. The van der Waals surface area contributed by atoms with Gasteiger partial charge in [-0.2, -0.15) is 5.10 Å². The molecule has 0 aliphatic carbocycles. The van der Waals surface area contributed by atoms with Gasteiger partial charge in [0.1, 0.15) is 12.4 Å². The Kier molecular flexibility index (Phi) is 8.93. The number of fused-ring (bicyclic) bond motifs is 1. The average Bonchev–Trinajstić information content (AvgIpc) is 2.90. The summed E-state index contributed by atoms with van der Waals surface area (Å²) in [6, 6.07) is 21.2. The monoisotopic (exact) mass is 597 g/mol. The lowest BCUT2D eigenvalue weighted by Crippen LogP contribution is -2.32. The highest BCUT2D eigenvalue weighted by atomic mass is 79.9. The van der Waals surface area contributed by atoms with Crippen LogP contribution in [-0.2, 0) is 16.2 Å². The molecule has 0 bridgehead atoms. The van der Waals surface area contributed by atoms with Crippen LogP contribution in [0.25, 0.3) is 10.8 Å². The first-order chi connectivity index (χ1) is 18.4. The summed E-state index contributed by atoms with van der Waals surface area (Å²) in [7, 11) is 0. The summed E-state index contributed by atoms with van der Waals surface area (Å²) in [5.74, 6) is -1.63. The van der Waals surface area contributed by atoms with Crippen LogP contribution < -0.4 is 20.2 Å². The topological polar surface area (TPSA) is 89.0 Å². The number of nitrogens with one attached hydrogen (secondary N) is 2. The number of halogens is 3. The van der Waals surface area contributed by atoms with E-state index in [0.717, 1.165) is 22.4 Å². The van der Waals surface area contributed by atoms with E-state index in [2.05, 4.69) is 50.0 Å². The standard InChI is InChI=1S/C28H22BrClFN3O4/c1-2-37-25-13-17(15-32-34-28(36)27(35)33-20-10-11-24(31)23(30)14-20)12-22(29)26(25)38-16-19-8-5-7-18-6-3-4-9-21(18)19/h3-15H,2,16H2,1H3,(H,33,35)(H,34,36). The molecule has 0 spiro atoms. The molecule has 10 heteroatoms. The van der Waals surface area contributed by atoms with E-state index in [9.17, 15) is 14.0 Å². The van der Waals surface area contributed by atoms with Crippen LogP contribution in [0.4, 0.5) is 10.1 Å². The number of hydrogen-bond donors (Lipinski definition) is 2. The van der Waals surface area contributed by atoms with Gasteiger partial charge in [0.2, 0.25) is 0 Å². The Labute approximate surface area is 231 Å². The van der Waals surface area contributed by atoms with Gasteiger partial charge >= 0.3 is 11.8 Å². The smallest absolute Gasteiger partial charge is 0.329 e. The van der Waals surface area contributed by atoms with Crippen LogP contribution in [0.5, 0.6) is 11.5 Å². The van der Waals surface area contributed by atoms with Gasteiger partial charge < -0.3 is 14.8 Å². The molecule has 0 fully saturated rings. The van der Waals surface area contributed by atoms with Crippen LogP contribution in [0.1, 0.15) is 18.1 Å². The zero-order valence-corrected chi connectivity index (χ0v) is 22.5. The van der Waals surface area contributed by atoms with Crippen LogP contribution in [0, 0.1) is 5.82 Å². The Morgan fingerprint density at radius 3 is 2.61 bits per heavy atom.